The van der Waals surface area contributed by atoms with Gasteiger partial charge in [0.2, 0.25) is 0 Å². The number of rotatable bonds is 3. The lowest BCUT2D eigenvalue weighted by Crippen LogP contribution is -3.15. The smallest absolute Gasteiger partial charge is 0.306 e. The van der Waals surface area contributed by atoms with Crippen LogP contribution in [0.15, 0.2) is 29.0 Å². The van der Waals surface area contributed by atoms with Crippen molar-refractivity contribution < 1.29 is 19.3 Å². The molecule has 2 aromatic rings. The van der Waals surface area contributed by atoms with E-state index in [9.17, 15) is 14.4 Å². The van der Waals surface area contributed by atoms with Gasteiger partial charge < -0.3 is 4.90 Å². The zero-order chi connectivity index (χ0) is 16.8. The molecule has 6 nitrogen and oxygen atoms in total. The number of thiophene rings is 2. The first-order valence-electron chi connectivity index (χ1n) is 7.65. The average Bonchev–Trinajstić information content (AvgIpc) is 3.30. The van der Waals surface area contributed by atoms with E-state index < -0.39 is 17.8 Å². The number of fused-ring (bicyclic) bond motifs is 1. The van der Waals surface area contributed by atoms with Crippen LogP contribution < -0.4 is 4.90 Å². The van der Waals surface area contributed by atoms with Gasteiger partial charge >= 0.3 is 17.8 Å². The lowest BCUT2D eigenvalue weighted by atomic mass is 9.99. The summed E-state index contributed by atoms with van der Waals surface area (Å²) in [4.78, 5) is 41.7. The van der Waals surface area contributed by atoms with E-state index in [0.717, 1.165) is 27.7 Å². The fourth-order valence-corrected chi connectivity index (χ4v) is 5.21. The van der Waals surface area contributed by atoms with Crippen LogP contribution in [-0.2, 0) is 16.0 Å². The molecule has 2 aromatic heterocycles. The lowest BCUT2D eigenvalue weighted by Gasteiger charge is -2.33. The van der Waals surface area contributed by atoms with Crippen LogP contribution in [0.25, 0.3) is 0 Å². The minimum Gasteiger partial charge on any atom is -0.306 e. The number of likely N-dealkylation sites (N-methyl/N-ethyl adjacent to an activating group) is 1. The Kier molecular flexibility index (Phi) is 3.75. The van der Waals surface area contributed by atoms with Crippen LogP contribution in [0.5, 0.6) is 0 Å². The maximum atomic E-state index is 12.2. The Balaban J connectivity index is 1.66. The number of carbonyl (C=O) groups excluding carboxylic acids is 3. The van der Waals surface area contributed by atoms with Crippen molar-refractivity contribution in [3.63, 3.8) is 0 Å². The molecule has 0 bridgehead atoms. The van der Waals surface area contributed by atoms with E-state index in [-0.39, 0.29) is 12.7 Å². The van der Waals surface area contributed by atoms with Gasteiger partial charge in [0, 0.05) is 23.9 Å². The molecule has 1 unspecified atom stereocenters. The van der Waals surface area contributed by atoms with Crippen molar-refractivity contribution in [2.24, 2.45) is 0 Å². The summed E-state index contributed by atoms with van der Waals surface area (Å²) in [5, 5.41) is 4.13. The summed E-state index contributed by atoms with van der Waals surface area (Å²) in [6.07, 6.45) is 0.921. The average molecular weight is 362 g/mol. The van der Waals surface area contributed by atoms with E-state index in [1.54, 1.807) is 22.7 Å². The van der Waals surface area contributed by atoms with Crippen molar-refractivity contribution in [3.05, 3.63) is 44.3 Å². The van der Waals surface area contributed by atoms with Gasteiger partial charge in [0.25, 0.3) is 0 Å². The van der Waals surface area contributed by atoms with Gasteiger partial charge in [-0.3, -0.25) is 14.5 Å². The summed E-state index contributed by atoms with van der Waals surface area (Å²) in [6, 6.07) is 5.81. The molecule has 2 atom stereocenters. The Morgan fingerprint density at radius 1 is 1.17 bits per heavy atom. The topological polar surface area (TPSA) is 62.1 Å². The maximum absolute atomic E-state index is 12.2. The van der Waals surface area contributed by atoms with E-state index in [1.807, 2.05) is 11.4 Å². The molecule has 4 heterocycles. The Hall–Kier alpha value is -2.03. The van der Waals surface area contributed by atoms with Crippen molar-refractivity contribution in [2.45, 2.75) is 12.5 Å². The molecule has 0 spiro atoms. The first-order valence-corrected chi connectivity index (χ1v) is 9.41. The highest BCUT2D eigenvalue weighted by molar-refractivity contribution is 7.10. The second kappa shape index (κ2) is 5.80. The van der Waals surface area contributed by atoms with Crippen LogP contribution in [0.1, 0.15) is 21.4 Å². The predicted molar refractivity (Wildman–Crippen MR) is 89.9 cm³/mol. The van der Waals surface area contributed by atoms with Crippen LogP contribution >= 0.6 is 22.7 Å². The van der Waals surface area contributed by atoms with Crippen LogP contribution in [0, 0.1) is 0 Å². The number of hydrogen-bond acceptors (Lipinski definition) is 5. The second-order valence-corrected chi connectivity index (χ2v) is 7.92. The molecule has 1 fully saturated rings. The number of nitrogens with one attached hydrogen (secondary N) is 1. The summed E-state index contributed by atoms with van der Waals surface area (Å²) < 4.78 is 0. The van der Waals surface area contributed by atoms with Crippen LogP contribution in [-0.4, -0.2) is 47.9 Å². The molecule has 4 rings (SSSR count). The molecule has 8 heteroatoms. The van der Waals surface area contributed by atoms with Gasteiger partial charge in [-0.25, -0.2) is 9.69 Å². The van der Waals surface area contributed by atoms with Gasteiger partial charge in [0.15, 0.2) is 12.7 Å². The first kappa shape index (κ1) is 15.5. The molecule has 0 aliphatic carbocycles. The fourth-order valence-electron chi connectivity index (χ4n) is 3.39. The van der Waals surface area contributed by atoms with Gasteiger partial charge in [0.05, 0.1) is 11.4 Å². The molecule has 0 aromatic carbocycles. The number of hydrogen-bond donors (Lipinski definition) is 1. The highest BCUT2D eigenvalue weighted by Gasteiger charge is 2.46. The maximum Gasteiger partial charge on any atom is 0.338 e. The first-order chi connectivity index (χ1) is 11.6. The second-order valence-electron chi connectivity index (χ2n) is 5.94. The van der Waals surface area contributed by atoms with E-state index in [0.29, 0.717) is 0 Å². The quantitative estimate of drug-likeness (QED) is 0.646. The summed E-state index contributed by atoms with van der Waals surface area (Å²) in [5.41, 5.74) is 1.27. The lowest BCUT2D eigenvalue weighted by molar-refractivity contribution is -0.934. The molecule has 124 valence electrons. The van der Waals surface area contributed by atoms with Crippen molar-refractivity contribution in [3.8, 4) is 0 Å². The third-order valence-electron chi connectivity index (χ3n) is 4.61. The number of amides is 4. The molecule has 24 heavy (non-hydrogen) atoms. The normalized spacial score (nSPS) is 24.0. The Bertz CT molecular complexity index is 814. The fraction of sp³-hybridized carbons (Fsp3) is 0.312. The zero-order valence-corrected chi connectivity index (χ0v) is 14.7. The number of imide groups is 2. The van der Waals surface area contributed by atoms with Crippen molar-refractivity contribution in [2.75, 3.05) is 20.3 Å². The molecule has 0 saturated carbocycles. The molecular formula is C16H16N3O3S2+. The Labute approximate surface area is 146 Å². The molecule has 0 radical (unpaired) electrons. The Morgan fingerprint density at radius 3 is 2.67 bits per heavy atom. The van der Waals surface area contributed by atoms with E-state index in [4.69, 9.17) is 0 Å². The SMILES string of the molecule is CN1C(=O)C(=O)N(C[NH+]2CCc3sccc3[C@@H]2c2cccs2)C1=O. The van der Waals surface area contributed by atoms with Crippen LogP contribution in [0.2, 0.25) is 0 Å². The van der Waals surface area contributed by atoms with Gasteiger partial charge in [-0.2, -0.15) is 0 Å². The van der Waals surface area contributed by atoms with E-state index >= 15 is 0 Å². The highest BCUT2D eigenvalue weighted by Crippen LogP contribution is 2.31. The number of carbonyl (C=O) groups is 3. The molecule has 4 amide bonds. The van der Waals surface area contributed by atoms with Crippen molar-refractivity contribution in [1.29, 1.82) is 0 Å². The monoisotopic (exact) mass is 362 g/mol. The van der Waals surface area contributed by atoms with Crippen LogP contribution in [0.3, 0.4) is 0 Å². The molecule has 1 N–H and O–H groups in total. The summed E-state index contributed by atoms with van der Waals surface area (Å²) in [7, 11) is 1.35. The summed E-state index contributed by atoms with van der Waals surface area (Å²) >= 11 is 3.43. The van der Waals surface area contributed by atoms with Crippen molar-refractivity contribution >= 4 is 40.5 Å². The van der Waals surface area contributed by atoms with Crippen molar-refractivity contribution in [1.82, 2.24) is 9.80 Å². The molecule has 2 aliphatic heterocycles. The van der Waals surface area contributed by atoms with Gasteiger partial charge in [-0.15, -0.1) is 22.7 Å². The number of quaternary nitrogens is 1. The van der Waals surface area contributed by atoms with E-state index in [1.165, 1.54) is 22.4 Å². The minimum atomic E-state index is -0.750. The third kappa shape index (κ3) is 2.29. The minimum absolute atomic E-state index is 0.0987. The molecular weight excluding hydrogens is 346 g/mol. The Morgan fingerprint density at radius 2 is 2.00 bits per heavy atom. The summed E-state index contributed by atoms with van der Waals surface area (Å²) in [6.45, 7) is 1.04. The number of nitrogens with zero attached hydrogens (tertiary/aromatic N) is 2. The van der Waals surface area contributed by atoms with Gasteiger partial charge in [0.1, 0.15) is 0 Å². The molecule has 2 aliphatic rings. The molecule has 1 saturated heterocycles. The highest BCUT2D eigenvalue weighted by atomic mass is 32.1. The van der Waals surface area contributed by atoms with Gasteiger partial charge in [-0.1, -0.05) is 6.07 Å². The zero-order valence-electron chi connectivity index (χ0n) is 13.0. The summed E-state index contributed by atoms with van der Waals surface area (Å²) in [5.74, 6) is -1.48. The number of urea groups is 1. The van der Waals surface area contributed by atoms with Crippen LogP contribution in [0.4, 0.5) is 4.79 Å². The van der Waals surface area contributed by atoms with E-state index in [2.05, 4.69) is 17.5 Å². The third-order valence-corrected chi connectivity index (χ3v) is 6.55. The largest absolute Gasteiger partial charge is 0.338 e. The standard InChI is InChI=1S/C16H15N3O3S2/c1-17-14(20)15(21)19(16(17)22)9-18-6-4-11-10(5-8-24-11)13(18)12-3-2-7-23-12/h2-3,5,7-8,13H,4,6,9H2,1H3/p+1/t13-/m1/s1. The van der Waals surface area contributed by atoms with Gasteiger partial charge in [-0.05, 0) is 22.9 Å². The predicted octanol–water partition coefficient (Wildman–Crippen LogP) is 0.718.